The second-order valence-corrected chi connectivity index (χ2v) is 5.05. The van der Waals surface area contributed by atoms with Gasteiger partial charge >= 0.3 is 0 Å². The fourth-order valence-corrected chi connectivity index (χ4v) is 2.69. The second kappa shape index (κ2) is 5.45. The number of hydrogen-bond donors (Lipinski definition) is 3. The highest BCUT2D eigenvalue weighted by Gasteiger charge is 2.21. The molecule has 1 aliphatic rings. The van der Waals surface area contributed by atoms with Crippen LogP contribution >= 0.6 is 0 Å². The minimum atomic E-state index is 0.0166. The van der Waals surface area contributed by atoms with Crippen molar-refractivity contribution in [1.82, 2.24) is 15.6 Å². The maximum absolute atomic E-state index is 11.9. The molecule has 2 aromatic rings. The van der Waals surface area contributed by atoms with Crippen molar-refractivity contribution in [1.29, 1.82) is 0 Å². The summed E-state index contributed by atoms with van der Waals surface area (Å²) in [5.41, 5.74) is 2.41. The standard InChI is InChI=1S/C15H19N3O/c19-15(14-6-3-8-16-14)17-9-7-11-10-18-13-5-2-1-4-12(11)13/h1-2,4-5,10,14,16,18H,3,6-9H2,(H,17,19)/t14-/m0/s1. The lowest BCUT2D eigenvalue weighted by molar-refractivity contribution is -0.122. The minimum absolute atomic E-state index is 0.0166. The van der Waals surface area contributed by atoms with Crippen LogP contribution in [0, 0.1) is 0 Å². The van der Waals surface area contributed by atoms with Crippen molar-refractivity contribution < 1.29 is 4.79 Å². The van der Waals surface area contributed by atoms with Crippen LogP contribution in [0.25, 0.3) is 10.9 Å². The summed E-state index contributed by atoms with van der Waals surface area (Å²) in [4.78, 5) is 15.1. The number of carbonyl (C=O) groups excluding carboxylic acids is 1. The lowest BCUT2D eigenvalue weighted by Crippen LogP contribution is -2.41. The number of nitrogens with one attached hydrogen (secondary N) is 3. The first-order valence-electron chi connectivity index (χ1n) is 6.91. The summed E-state index contributed by atoms with van der Waals surface area (Å²) in [5, 5.41) is 7.47. The molecule has 4 heteroatoms. The lowest BCUT2D eigenvalue weighted by Gasteiger charge is -2.10. The highest BCUT2D eigenvalue weighted by molar-refractivity contribution is 5.84. The lowest BCUT2D eigenvalue weighted by atomic mass is 10.1. The minimum Gasteiger partial charge on any atom is -0.361 e. The molecule has 1 fully saturated rings. The molecule has 0 unspecified atom stereocenters. The van der Waals surface area contributed by atoms with Gasteiger partial charge in [-0.25, -0.2) is 0 Å². The summed E-state index contributed by atoms with van der Waals surface area (Å²) in [5.74, 6) is 0.136. The number of fused-ring (bicyclic) bond motifs is 1. The molecule has 1 atom stereocenters. The number of hydrogen-bond acceptors (Lipinski definition) is 2. The van der Waals surface area contributed by atoms with Crippen LogP contribution < -0.4 is 10.6 Å². The van der Waals surface area contributed by atoms with E-state index in [4.69, 9.17) is 0 Å². The number of aromatic amines is 1. The quantitative estimate of drug-likeness (QED) is 0.779. The van der Waals surface area contributed by atoms with Gasteiger partial charge in [-0.05, 0) is 37.4 Å². The number of aromatic nitrogens is 1. The molecule has 0 spiro atoms. The van der Waals surface area contributed by atoms with E-state index in [0.29, 0.717) is 6.54 Å². The predicted molar refractivity (Wildman–Crippen MR) is 76.0 cm³/mol. The SMILES string of the molecule is O=C(NCCc1c[nH]c2ccccc12)[C@@H]1CCCN1. The van der Waals surface area contributed by atoms with Crippen molar-refractivity contribution in [3.8, 4) is 0 Å². The number of rotatable bonds is 4. The third kappa shape index (κ3) is 2.63. The molecule has 19 heavy (non-hydrogen) atoms. The first kappa shape index (κ1) is 12.2. The van der Waals surface area contributed by atoms with Crippen LogP contribution in [0.15, 0.2) is 30.5 Å². The van der Waals surface area contributed by atoms with E-state index < -0.39 is 0 Å². The zero-order chi connectivity index (χ0) is 13.1. The summed E-state index contributed by atoms with van der Waals surface area (Å²) in [6.45, 7) is 1.65. The molecule has 0 aliphatic carbocycles. The van der Waals surface area contributed by atoms with Gasteiger partial charge in [0.05, 0.1) is 6.04 Å². The Morgan fingerprint density at radius 1 is 1.37 bits per heavy atom. The number of benzene rings is 1. The zero-order valence-corrected chi connectivity index (χ0v) is 10.9. The van der Waals surface area contributed by atoms with E-state index >= 15 is 0 Å². The van der Waals surface area contributed by atoms with Gasteiger partial charge in [-0.3, -0.25) is 4.79 Å². The van der Waals surface area contributed by atoms with E-state index in [1.54, 1.807) is 0 Å². The Kier molecular flexibility index (Phi) is 3.51. The van der Waals surface area contributed by atoms with Crippen molar-refractivity contribution in [2.45, 2.75) is 25.3 Å². The fraction of sp³-hybridized carbons (Fsp3) is 0.400. The summed E-state index contributed by atoms with van der Waals surface area (Å²) in [6.07, 6.45) is 4.95. The van der Waals surface area contributed by atoms with Crippen LogP contribution in [-0.2, 0) is 11.2 Å². The first-order valence-corrected chi connectivity index (χ1v) is 6.91. The Labute approximate surface area is 112 Å². The zero-order valence-electron chi connectivity index (χ0n) is 10.9. The molecular formula is C15H19N3O. The van der Waals surface area contributed by atoms with Crippen LogP contribution in [0.2, 0.25) is 0 Å². The summed E-state index contributed by atoms with van der Waals surface area (Å²) >= 11 is 0. The van der Waals surface area contributed by atoms with Crippen LogP contribution in [0.1, 0.15) is 18.4 Å². The third-order valence-corrected chi connectivity index (χ3v) is 3.75. The van der Waals surface area contributed by atoms with Crippen LogP contribution in [0.4, 0.5) is 0 Å². The fourth-order valence-electron chi connectivity index (χ4n) is 2.69. The van der Waals surface area contributed by atoms with Gasteiger partial charge in [-0.15, -0.1) is 0 Å². The number of para-hydroxylation sites is 1. The molecule has 1 aromatic carbocycles. The molecule has 1 aromatic heterocycles. The number of H-pyrrole nitrogens is 1. The molecule has 2 heterocycles. The van der Waals surface area contributed by atoms with E-state index in [1.807, 2.05) is 18.3 Å². The van der Waals surface area contributed by atoms with E-state index in [2.05, 4.69) is 27.8 Å². The molecular weight excluding hydrogens is 238 g/mol. The van der Waals surface area contributed by atoms with Crippen molar-refractivity contribution in [3.63, 3.8) is 0 Å². The Morgan fingerprint density at radius 2 is 2.26 bits per heavy atom. The highest BCUT2D eigenvalue weighted by Crippen LogP contribution is 2.17. The smallest absolute Gasteiger partial charge is 0.237 e. The Balaban J connectivity index is 1.56. The summed E-state index contributed by atoms with van der Waals surface area (Å²) in [6, 6.07) is 8.26. The van der Waals surface area contributed by atoms with E-state index in [0.717, 1.165) is 31.3 Å². The van der Waals surface area contributed by atoms with E-state index in [-0.39, 0.29) is 11.9 Å². The van der Waals surface area contributed by atoms with Crippen LogP contribution in [-0.4, -0.2) is 30.0 Å². The van der Waals surface area contributed by atoms with Crippen molar-refractivity contribution in [2.75, 3.05) is 13.1 Å². The molecule has 0 bridgehead atoms. The molecule has 0 saturated carbocycles. The van der Waals surface area contributed by atoms with Gasteiger partial charge in [-0.1, -0.05) is 18.2 Å². The molecule has 100 valence electrons. The first-order chi connectivity index (χ1) is 9.34. The van der Waals surface area contributed by atoms with Crippen molar-refractivity contribution >= 4 is 16.8 Å². The monoisotopic (exact) mass is 257 g/mol. The average molecular weight is 257 g/mol. The number of amides is 1. The predicted octanol–water partition coefficient (Wildman–Crippen LogP) is 1.58. The van der Waals surface area contributed by atoms with Gasteiger partial charge in [0.15, 0.2) is 0 Å². The maximum Gasteiger partial charge on any atom is 0.237 e. The van der Waals surface area contributed by atoms with Gasteiger partial charge in [0.25, 0.3) is 0 Å². The third-order valence-electron chi connectivity index (χ3n) is 3.75. The van der Waals surface area contributed by atoms with Gasteiger partial charge in [-0.2, -0.15) is 0 Å². The van der Waals surface area contributed by atoms with Crippen LogP contribution in [0.5, 0.6) is 0 Å². The summed E-state index contributed by atoms with van der Waals surface area (Å²) < 4.78 is 0. The Bertz CT molecular complexity index is 570. The average Bonchev–Trinajstić information content (AvgIpc) is 3.08. The van der Waals surface area contributed by atoms with Gasteiger partial charge in [0.1, 0.15) is 0 Å². The second-order valence-electron chi connectivity index (χ2n) is 5.05. The van der Waals surface area contributed by atoms with Gasteiger partial charge in [0.2, 0.25) is 5.91 Å². The molecule has 3 N–H and O–H groups in total. The Morgan fingerprint density at radius 3 is 3.11 bits per heavy atom. The molecule has 1 saturated heterocycles. The normalized spacial score (nSPS) is 18.8. The highest BCUT2D eigenvalue weighted by atomic mass is 16.2. The molecule has 0 radical (unpaired) electrons. The molecule has 4 nitrogen and oxygen atoms in total. The molecule has 3 rings (SSSR count). The Hall–Kier alpha value is -1.81. The van der Waals surface area contributed by atoms with Crippen molar-refractivity contribution in [3.05, 3.63) is 36.0 Å². The molecule has 1 aliphatic heterocycles. The number of carbonyl (C=O) groups is 1. The van der Waals surface area contributed by atoms with Gasteiger partial charge in [0, 0.05) is 23.6 Å². The van der Waals surface area contributed by atoms with E-state index in [1.165, 1.54) is 10.9 Å². The van der Waals surface area contributed by atoms with Crippen LogP contribution in [0.3, 0.4) is 0 Å². The molecule has 1 amide bonds. The van der Waals surface area contributed by atoms with Crippen molar-refractivity contribution in [2.24, 2.45) is 0 Å². The maximum atomic E-state index is 11.9. The topological polar surface area (TPSA) is 56.9 Å². The van der Waals surface area contributed by atoms with E-state index in [9.17, 15) is 4.79 Å². The largest absolute Gasteiger partial charge is 0.361 e. The van der Waals surface area contributed by atoms with Gasteiger partial charge < -0.3 is 15.6 Å². The summed E-state index contributed by atoms with van der Waals surface area (Å²) in [7, 11) is 0.